The molecule has 2 amide bonds. The maximum absolute atomic E-state index is 12.6. The Morgan fingerprint density at radius 1 is 1.17 bits per heavy atom. The van der Waals surface area contributed by atoms with Crippen molar-refractivity contribution in [3.8, 4) is 0 Å². The van der Waals surface area contributed by atoms with Gasteiger partial charge in [0.1, 0.15) is 5.00 Å². The lowest BCUT2D eigenvalue weighted by atomic mass is 9.95. The number of amides is 2. The highest BCUT2D eigenvalue weighted by Crippen LogP contribution is 2.38. The van der Waals surface area contributed by atoms with E-state index in [2.05, 4.69) is 10.6 Å². The summed E-state index contributed by atoms with van der Waals surface area (Å²) in [5.41, 5.74) is 2.12. The zero-order valence-electron chi connectivity index (χ0n) is 13.4. The maximum Gasteiger partial charge on any atom is 0.257 e. The fourth-order valence-electron chi connectivity index (χ4n) is 2.96. The molecule has 0 spiro atoms. The predicted octanol–water partition coefficient (Wildman–Crippen LogP) is 4.28. The lowest BCUT2D eigenvalue weighted by molar-refractivity contribution is 0.0956. The standard InChI is InChI=1S/C18H19ClN2O2S/c1-2-20-17(23)15-12-8-4-6-10-14(12)24-18(15)21-16(22)11-7-3-5-9-13(11)19/h3,5,7,9H,2,4,6,8,10H2,1H3,(H,20,23)(H,21,22). The van der Waals surface area contributed by atoms with Crippen LogP contribution in [0, 0.1) is 0 Å². The summed E-state index contributed by atoms with van der Waals surface area (Å²) in [4.78, 5) is 26.3. The molecule has 0 bridgehead atoms. The van der Waals surface area contributed by atoms with Gasteiger partial charge in [0.25, 0.3) is 11.8 Å². The molecule has 126 valence electrons. The molecular weight excluding hydrogens is 344 g/mol. The van der Waals surface area contributed by atoms with Crippen LogP contribution in [0.1, 0.15) is 50.9 Å². The largest absolute Gasteiger partial charge is 0.352 e. The predicted molar refractivity (Wildman–Crippen MR) is 98.4 cm³/mol. The molecule has 1 aromatic heterocycles. The van der Waals surface area contributed by atoms with E-state index in [9.17, 15) is 9.59 Å². The molecular formula is C18H19ClN2O2S. The van der Waals surface area contributed by atoms with Crippen LogP contribution in [0.4, 0.5) is 5.00 Å². The summed E-state index contributed by atoms with van der Waals surface area (Å²) in [6, 6.07) is 6.91. The van der Waals surface area contributed by atoms with Crippen LogP contribution < -0.4 is 10.6 Å². The van der Waals surface area contributed by atoms with E-state index in [0.717, 1.165) is 31.2 Å². The van der Waals surface area contributed by atoms with Crippen LogP contribution in [-0.4, -0.2) is 18.4 Å². The van der Waals surface area contributed by atoms with Gasteiger partial charge < -0.3 is 10.6 Å². The Labute approximate surface area is 150 Å². The van der Waals surface area contributed by atoms with Crippen LogP contribution in [0.2, 0.25) is 5.02 Å². The Morgan fingerprint density at radius 2 is 1.92 bits per heavy atom. The van der Waals surface area contributed by atoms with Crippen LogP contribution >= 0.6 is 22.9 Å². The number of carbonyl (C=O) groups is 2. The van der Waals surface area contributed by atoms with Gasteiger partial charge in [0.15, 0.2) is 0 Å². The third-order valence-corrected chi connectivity index (χ3v) is 5.62. The summed E-state index contributed by atoms with van der Waals surface area (Å²) in [7, 11) is 0. The van der Waals surface area contributed by atoms with Gasteiger partial charge in [-0.1, -0.05) is 23.7 Å². The SMILES string of the molecule is CCNC(=O)c1c(NC(=O)c2ccccc2Cl)sc2c1CCCC2. The van der Waals surface area contributed by atoms with Gasteiger partial charge in [-0.05, 0) is 50.3 Å². The highest BCUT2D eigenvalue weighted by molar-refractivity contribution is 7.17. The summed E-state index contributed by atoms with van der Waals surface area (Å²) in [6.07, 6.45) is 4.06. The average Bonchev–Trinajstić information content (AvgIpc) is 2.93. The lowest BCUT2D eigenvalue weighted by Crippen LogP contribution is -2.25. The minimum absolute atomic E-state index is 0.119. The molecule has 1 aliphatic rings. The molecule has 0 saturated carbocycles. The van der Waals surface area contributed by atoms with Crippen LogP contribution in [0.15, 0.2) is 24.3 Å². The first-order valence-electron chi connectivity index (χ1n) is 8.10. The van der Waals surface area contributed by atoms with Gasteiger partial charge in [-0.2, -0.15) is 0 Å². The van der Waals surface area contributed by atoms with Gasteiger partial charge in [-0.25, -0.2) is 0 Å². The molecule has 2 aromatic rings. The molecule has 0 saturated heterocycles. The van der Waals surface area contributed by atoms with E-state index < -0.39 is 0 Å². The van der Waals surface area contributed by atoms with Crippen LogP contribution in [0.5, 0.6) is 0 Å². The number of rotatable bonds is 4. The zero-order valence-corrected chi connectivity index (χ0v) is 15.0. The van der Waals surface area contributed by atoms with E-state index in [4.69, 9.17) is 11.6 Å². The summed E-state index contributed by atoms with van der Waals surface area (Å²) in [5.74, 6) is -0.406. The molecule has 0 atom stereocenters. The summed E-state index contributed by atoms with van der Waals surface area (Å²) < 4.78 is 0. The number of thiophene rings is 1. The fraction of sp³-hybridized carbons (Fsp3) is 0.333. The molecule has 24 heavy (non-hydrogen) atoms. The molecule has 0 radical (unpaired) electrons. The molecule has 1 aliphatic carbocycles. The molecule has 0 fully saturated rings. The zero-order chi connectivity index (χ0) is 17.1. The number of hydrogen-bond donors (Lipinski definition) is 2. The lowest BCUT2D eigenvalue weighted by Gasteiger charge is -2.13. The number of fused-ring (bicyclic) bond motifs is 1. The fourth-order valence-corrected chi connectivity index (χ4v) is 4.46. The number of nitrogens with one attached hydrogen (secondary N) is 2. The van der Waals surface area contributed by atoms with Gasteiger partial charge in [0.05, 0.1) is 16.1 Å². The quantitative estimate of drug-likeness (QED) is 0.852. The first-order chi connectivity index (χ1) is 11.6. The van der Waals surface area contributed by atoms with Crippen LogP contribution in [0.3, 0.4) is 0 Å². The number of carbonyl (C=O) groups excluding carboxylic acids is 2. The third-order valence-electron chi connectivity index (χ3n) is 4.08. The van der Waals surface area contributed by atoms with E-state index in [1.807, 2.05) is 6.92 Å². The van der Waals surface area contributed by atoms with Crippen molar-refractivity contribution in [1.82, 2.24) is 5.32 Å². The Balaban J connectivity index is 1.95. The molecule has 2 N–H and O–H groups in total. The molecule has 0 aliphatic heterocycles. The summed E-state index contributed by atoms with van der Waals surface area (Å²) in [6.45, 7) is 2.44. The monoisotopic (exact) mass is 362 g/mol. The van der Waals surface area contributed by atoms with Crippen molar-refractivity contribution >= 4 is 39.8 Å². The van der Waals surface area contributed by atoms with Gasteiger partial charge in [-0.15, -0.1) is 11.3 Å². The van der Waals surface area contributed by atoms with E-state index >= 15 is 0 Å². The molecule has 4 nitrogen and oxygen atoms in total. The minimum atomic E-state index is -0.287. The number of benzene rings is 1. The van der Waals surface area contributed by atoms with E-state index in [0.29, 0.717) is 27.7 Å². The average molecular weight is 363 g/mol. The Hall–Kier alpha value is -1.85. The first-order valence-corrected chi connectivity index (χ1v) is 9.30. The summed E-state index contributed by atoms with van der Waals surface area (Å²) >= 11 is 7.61. The third kappa shape index (κ3) is 3.32. The van der Waals surface area contributed by atoms with E-state index in [1.165, 1.54) is 16.2 Å². The molecule has 1 heterocycles. The number of anilines is 1. The van der Waals surface area contributed by atoms with Crippen molar-refractivity contribution in [1.29, 1.82) is 0 Å². The summed E-state index contributed by atoms with van der Waals surface area (Å²) in [5, 5.41) is 6.77. The van der Waals surface area contributed by atoms with Gasteiger partial charge in [0, 0.05) is 11.4 Å². The molecule has 0 unspecified atom stereocenters. The van der Waals surface area contributed by atoms with Crippen molar-refractivity contribution in [3.05, 3.63) is 50.9 Å². The van der Waals surface area contributed by atoms with E-state index in [-0.39, 0.29) is 11.8 Å². The minimum Gasteiger partial charge on any atom is -0.352 e. The number of hydrogen-bond acceptors (Lipinski definition) is 3. The van der Waals surface area contributed by atoms with Crippen LogP contribution in [0.25, 0.3) is 0 Å². The van der Waals surface area contributed by atoms with Gasteiger partial charge in [0.2, 0.25) is 0 Å². The number of halogens is 1. The van der Waals surface area contributed by atoms with Gasteiger partial charge >= 0.3 is 0 Å². The molecule has 6 heteroatoms. The van der Waals surface area contributed by atoms with Crippen molar-refractivity contribution < 1.29 is 9.59 Å². The van der Waals surface area contributed by atoms with Crippen molar-refractivity contribution in [3.63, 3.8) is 0 Å². The number of aryl methyl sites for hydroxylation is 1. The smallest absolute Gasteiger partial charge is 0.257 e. The van der Waals surface area contributed by atoms with E-state index in [1.54, 1.807) is 24.3 Å². The molecule has 1 aromatic carbocycles. The topological polar surface area (TPSA) is 58.2 Å². The maximum atomic E-state index is 12.6. The Kier molecular flexibility index (Phi) is 5.21. The first kappa shape index (κ1) is 17.0. The highest BCUT2D eigenvalue weighted by Gasteiger charge is 2.26. The van der Waals surface area contributed by atoms with Crippen molar-refractivity contribution in [2.24, 2.45) is 0 Å². The van der Waals surface area contributed by atoms with Crippen molar-refractivity contribution in [2.75, 3.05) is 11.9 Å². The van der Waals surface area contributed by atoms with Gasteiger partial charge in [-0.3, -0.25) is 9.59 Å². The second-order valence-electron chi connectivity index (χ2n) is 5.71. The second kappa shape index (κ2) is 7.36. The second-order valence-corrected chi connectivity index (χ2v) is 7.22. The van der Waals surface area contributed by atoms with Crippen molar-refractivity contribution in [2.45, 2.75) is 32.6 Å². The highest BCUT2D eigenvalue weighted by atomic mass is 35.5. The molecule has 3 rings (SSSR count). The Bertz CT molecular complexity index is 785. The normalized spacial score (nSPS) is 13.2. The Morgan fingerprint density at radius 3 is 2.67 bits per heavy atom. The van der Waals surface area contributed by atoms with Crippen LogP contribution in [-0.2, 0) is 12.8 Å².